The predicted molar refractivity (Wildman–Crippen MR) is 73.6 cm³/mol. The third-order valence-corrected chi connectivity index (χ3v) is 2.57. The molecule has 0 saturated carbocycles. The third kappa shape index (κ3) is 2.45. The van der Waals surface area contributed by atoms with Crippen molar-refractivity contribution in [1.29, 1.82) is 5.41 Å². The lowest BCUT2D eigenvalue weighted by molar-refractivity contribution is 1.45. The number of hydrogen-bond acceptors (Lipinski definition) is 3. The number of rotatable bonds is 4. The van der Waals surface area contributed by atoms with E-state index >= 15 is 0 Å². The van der Waals surface area contributed by atoms with Crippen LogP contribution in [0.3, 0.4) is 0 Å². The topological polar surface area (TPSA) is 47.9 Å². The highest BCUT2D eigenvalue weighted by atomic mass is 14.9. The van der Waals surface area contributed by atoms with Crippen LogP contribution in [0.4, 0.5) is 17.1 Å². The first kappa shape index (κ1) is 11.2. The number of anilines is 3. The van der Waals surface area contributed by atoms with Gasteiger partial charge in [0.05, 0.1) is 0 Å². The highest BCUT2D eigenvalue weighted by molar-refractivity contribution is 5.94. The maximum absolute atomic E-state index is 7.49. The zero-order chi connectivity index (χ0) is 12.1. The molecule has 0 unspecified atom stereocenters. The van der Waals surface area contributed by atoms with Gasteiger partial charge in [0.1, 0.15) is 0 Å². The van der Waals surface area contributed by atoms with Gasteiger partial charge in [-0.15, -0.1) is 0 Å². The Morgan fingerprint density at radius 1 is 0.941 bits per heavy atom. The molecule has 86 valence electrons. The van der Waals surface area contributed by atoms with Gasteiger partial charge in [0, 0.05) is 35.9 Å². The Balaban J connectivity index is 2.36. The molecule has 17 heavy (non-hydrogen) atoms. The van der Waals surface area contributed by atoms with Crippen LogP contribution in [-0.2, 0) is 0 Å². The van der Waals surface area contributed by atoms with Crippen molar-refractivity contribution in [2.24, 2.45) is 0 Å². The Kier molecular flexibility index (Phi) is 3.40. The number of benzene rings is 2. The van der Waals surface area contributed by atoms with E-state index < -0.39 is 0 Å². The van der Waals surface area contributed by atoms with Crippen LogP contribution in [-0.4, -0.2) is 13.3 Å². The lowest BCUT2D eigenvalue weighted by Gasteiger charge is -2.12. The van der Waals surface area contributed by atoms with Crippen molar-refractivity contribution in [3.05, 3.63) is 54.1 Å². The smallest absolute Gasteiger partial charge is 0.0494 e. The molecule has 3 heteroatoms. The summed E-state index contributed by atoms with van der Waals surface area (Å²) < 4.78 is 0. The molecule has 0 aliphatic rings. The van der Waals surface area contributed by atoms with Crippen molar-refractivity contribution in [2.45, 2.75) is 0 Å². The maximum Gasteiger partial charge on any atom is 0.0494 e. The summed E-state index contributed by atoms with van der Waals surface area (Å²) in [4.78, 5) is 0. The average Bonchev–Trinajstić information content (AvgIpc) is 2.39. The molecule has 0 spiro atoms. The van der Waals surface area contributed by atoms with Gasteiger partial charge in [-0.1, -0.05) is 24.3 Å². The summed E-state index contributed by atoms with van der Waals surface area (Å²) in [5, 5.41) is 13.9. The van der Waals surface area contributed by atoms with Gasteiger partial charge < -0.3 is 16.0 Å². The Bertz CT molecular complexity index is 506. The Morgan fingerprint density at radius 2 is 1.65 bits per heavy atom. The molecule has 3 N–H and O–H groups in total. The summed E-state index contributed by atoms with van der Waals surface area (Å²) >= 11 is 0. The lowest BCUT2D eigenvalue weighted by atomic mass is 10.1. The maximum atomic E-state index is 7.49. The van der Waals surface area contributed by atoms with Crippen molar-refractivity contribution < 1.29 is 0 Å². The van der Waals surface area contributed by atoms with Gasteiger partial charge in [-0.05, 0) is 24.3 Å². The van der Waals surface area contributed by atoms with Crippen LogP contribution < -0.4 is 10.6 Å². The first-order chi connectivity index (χ1) is 8.35. The molecule has 0 fully saturated rings. The van der Waals surface area contributed by atoms with E-state index in [-0.39, 0.29) is 0 Å². The van der Waals surface area contributed by atoms with E-state index in [0.29, 0.717) is 0 Å². The molecule has 0 aliphatic heterocycles. The number of hydrogen-bond donors (Lipinski definition) is 3. The Hall–Kier alpha value is -2.29. The standard InChI is InChI=1S/C14H15N3/c1-16-13-8-5-9-14(12(13)10-15)17-11-6-3-2-4-7-11/h2-10,15-17H,1H3. The van der Waals surface area contributed by atoms with Crippen molar-refractivity contribution >= 4 is 23.3 Å². The summed E-state index contributed by atoms with van der Waals surface area (Å²) in [6.07, 6.45) is 1.36. The summed E-state index contributed by atoms with van der Waals surface area (Å²) in [6.45, 7) is 0. The van der Waals surface area contributed by atoms with Crippen LogP contribution in [0.5, 0.6) is 0 Å². The Labute approximate surface area is 101 Å². The van der Waals surface area contributed by atoms with Crippen molar-refractivity contribution in [1.82, 2.24) is 0 Å². The largest absolute Gasteiger partial charge is 0.388 e. The van der Waals surface area contributed by atoms with Crippen LogP contribution in [0, 0.1) is 5.41 Å². The normalized spacial score (nSPS) is 9.71. The molecule has 3 nitrogen and oxygen atoms in total. The van der Waals surface area contributed by atoms with E-state index in [2.05, 4.69) is 10.6 Å². The van der Waals surface area contributed by atoms with Gasteiger partial charge in [0.2, 0.25) is 0 Å². The van der Waals surface area contributed by atoms with E-state index in [1.165, 1.54) is 6.21 Å². The molecule has 0 aromatic heterocycles. The van der Waals surface area contributed by atoms with Gasteiger partial charge in [0.25, 0.3) is 0 Å². The lowest BCUT2D eigenvalue weighted by Crippen LogP contribution is -2.00. The fourth-order valence-corrected chi connectivity index (χ4v) is 1.72. The molecule has 0 saturated heterocycles. The summed E-state index contributed by atoms with van der Waals surface area (Å²) in [6, 6.07) is 15.8. The van der Waals surface area contributed by atoms with Crippen LogP contribution >= 0.6 is 0 Å². The zero-order valence-corrected chi connectivity index (χ0v) is 9.70. The van der Waals surface area contributed by atoms with Crippen molar-refractivity contribution in [3.63, 3.8) is 0 Å². The predicted octanol–water partition coefficient (Wildman–Crippen LogP) is 3.47. The molecule has 0 radical (unpaired) electrons. The second-order valence-electron chi connectivity index (χ2n) is 3.65. The molecule has 2 aromatic carbocycles. The van der Waals surface area contributed by atoms with Gasteiger partial charge in [-0.2, -0.15) is 0 Å². The van der Waals surface area contributed by atoms with Crippen molar-refractivity contribution in [2.75, 3.05) is 17.7 Å². The monoisotopic (exact) mass is 225 g/mol. The first-order valence-corrected chi connectivity index (χ1v) is 5.48. The second-order valence-corrected chi connectivity index (χ2v) is 3.65. The number of nitrogens with one attached hydrogen (secondary N) is 3. The molecule has 0 bridgehead atoms. The molecule has 0 atom stereocenters. The SMILES string of the molecule is CNc1cccc(Nc2ccccc2)c1C=N. The molecular weight excluding hydrogens is 210 g/mol. The van der Waals surface area contributed by atoms with Crippen LogP contribution in [0.1, 0.15) is 5.56 Å². The summed E-state index contributed by atoms with van der Waals surface area (Å²) in [5.41, 5.74) is 3.75. The third-order valence-electron chi connectivity index (χ3n) is 2.57. The van der Waals surface area contributed by atoms with E-state index in [0.717, 1.165) is 22.6 Å². The molecule has 0 amide bonds. The van der Waals surface area contributed by atoms with Crippen LogP contribution in [0.2, 0.25) is 0 Å². The highest BCUT2D eigenvalue weighted by Crippen LogP contribution is 2.25. The molecule has 0 heterocycles. The quantitative estimate of drug-likeness (QED) is 0.698. The molecular formula is C14H15N3. The van der Waals surface area contributed by atoms with E-state index in [4.69, 9.17) is 5.41 Å². The van der Waals surface area contributed by atoms with E-state index in [9.17, 15) is 0 Å². The molecule has 2 aromatic rings. The van der Waals surface area contributed by atoms with Gasteiger partial charge in [-0.25, -0.2) is 0 Å². The van der Waals surface area contributed by atoms with Crippen molar-refractivity contribution in [3.8, 4) is 0 Å². The van der Waals surface area contributed by atoms with E-state index in [1.807, 2.05) is 55.6 Å². The Morgan fingerprint density at radius 3 is 2.29 bits per heavy atom. The van der Waals surface area contributed by atoms with Gasteiger partial charge in [0.15, 0.2) is 0 Å². The molecule has 2 rings (SSSR count). The van der Waals surface area contributed by atoms with Gasteiger partial charge in [-0.3, -0.25) is 0 Å². The number of para-hydroxylation sites is 1. The first-order valence-electron chi connectivity index (χ1n) is 5.48. The second kappa shape index (κ2) is 5.16. The minimum atomic E-state index is 0.860. The summed E-state index contributed by atoms with van der Waals surface area (Å²) in [7, 11) is 1.86. The average molecular weight is 225 g/mol. The molecule has 0 aliphatic carbocycles. The minimum absolute atomic E-state index is 0.860. The highest BCUT2D eigenvalue weighted by Gasteiger charge is 2.04. The summed E-state index contributed by atoms with van der Waals surface area (Å²) in [5.74, 6) is 0. The zero-order valence-electron chi connectivity index (χ0n) is 9.70. The van der Waals surface area contributed by atoms with Gasteiger partial charge >= 0.3 is 0 Å². The fourth-order valence-electron chi connectivity index (χ4n) is 1.72. The van der Waals surface area contributed by atoms with Crippen LogP contribution in [0.15, 0.2) is 48.5 Å². The van der Waals surface area contributed by atoms with E-state index in [1.54, 1.807) is 0 Å². The minimum Gasteiger partial charge on any atom is -0.388 e. The fraction of sp³-hybridized carbons (Fsp3) is 0.0714. The van der Waals surface area contributed by atoms with Crippen LogP contribution in [0.25, 0.3) is 0 Å².